The van der Waals surface area contributed by atoms with Crippen LogP contribution < -0.4 is 0 Å². The number of carbonyl (C=O) groups excluding carboxylic acids is 1. The van der Waals surface area contributed by atoms with Crippen LogP contribution in [-0.2, 0) is 27.4 Å². The average molecular weight is 399 g/mol. The number of carbonyl (C=O) groups is 2. The second-order valence-electron chi connectivity index (χ2n) is 7.90. The fraction of sp³-hybridized carbons (Fsp3) is 0.364. The number of rotatable bonds is 6. The summed E-state index contributed by atoms with van der Waals surface area (Å²) in [6, 6.07) is 12.4. The smallest absolute Gasteiger partial charge is 0.435 e. The third-order valence-corrected chi connectivity index (χ3v) is 4.59. The maximum Gasteiger partial charge on any atom is 0.435 e. The summed E-state index contributed by atoms with van der Waals surface area (Å²) in [5.41, 5.74) is 4.57. The number of amides is 1. The minimum Gasteiger partial charge on any atom is -0.480 e. The third kappa shape index (κ3) is 4.58. The minimum atomic E-state index is -1.56. The molecule has 0 saturated carbocycles. The normalized spacial score (nSPS) is 13.4. The molecule has 1 unspecified atom stereocenters. The number of fused-ring (bicyclic) bond motifs is 3. The second kappa shape index (κ2) is 8.23. The number of benzene rings is 2. The summed E-state index contributed by atoms with van der Waals surface area (Å²) in [6.07, 6.45) is -0.218. The van der Waals surface area contributed by atoms with Gasteiger partial charge in [-0.3, -0.25) is 4.84 Å². The summed E-state index contributed by atoms with van der Waals surface area (Å²) in [4.78, 5) is 29.5. The van der Waals surface area contributed by atoms with Gasteiger partial charge in [0.25, 0.3) is 0 Å². The van der Waals surface area contributed by atoms with E-state index in [9.17, 15) is 19.8 Å². The van der Waals surface area contributed by atoms with Crippen LogP contribution in [0.2, 0.25) is 0 Å². The van der Waals surface area contributed by atoms with Gasteiger partial charge in [0.05, 0.1) is 12.2 Å². The summed E-state index contributed by atoms with van der Waals surface area (Å²) < 4.78 is 5.38. The van der Waals surface area contributed by atoms with Gasteiger partial charge >= 0.3 is 12.1 Å². The first kappa shape index (κ1) is 20.8. The molecule has 0 fully saturated rings. The Hall–Kier alpha value is -2.90. The first-order chi connectivity index (χ1) is 13.7. The maximum atomic E-state index is 12.6. The van der Waals surface area contributed by atoms with Crippen molar-refractivity contribution in [3.05, 3.63) is 59.2 Å². The highest BCUT2D eigenvalue weighted by atomic mass is 16.7. The number of hydrogen-bond acceptors (Lipinski definition) is 5. The van der Waals surface area contributed by atoms with Crippen molar-refractivity contribution < 1.29 is 29.4 Å². The lowest BCUT2D eigenvalue weighted by molar-refractivity contribution is -0.233. The van der Waals surface area contributed by atoms with E-state index in [1.54, 1.807) is 20.8 Å². The molecule has 0 aliphatic heterocycles. The molecule has 7 heteroatoms. The van der Waals surface area contributed by atoms with E-state index in [2.05, 4.69) is 12.1 Å². The van der Waals surface area contributed by atoms with E-state index in [0.717, 1.165) is 23.1 Å². The van der Waals surface area contributed by atoms with E-state index >= 15 is 0 Å². The number of ether oxygens (including phenoxy) is 1. The van der Waals surface area contributed by atoms with Crippen LogP contribution in [0.1, 0.15) is 37.5 Å². The molecule has 2 aromatic carbocycles. The summed E-state index contributed by atoms with van der Waals surface area (Å²) in [5.74, 6) is -1.38. The monoisotopic (exact) mass is 399 g/mol. The van der Waals surface area contributed by atoms with Crippen LogP contribution in [0.25, 0.3) is 11.1 Å². The highest BCUT2D eigenvalue weighted by Crippen LogP contribution is 2.38. The SMILES string of the molecule is CC(C)(C)ON(C(=O)OCc1cccc2c1Cc1ccccc1-2)C(CO)C(=O)O. The first-order valence-corrected chi connectivity index (χ1v) is 9.39. The molecular formula is C22H25NO6. The molecule has 1 atom stereocenters. The van der Waals surface area contributed by atoms with Crippen molar-refractivity contribution in [3.8, 4) is 11.1 Å². The number of hydroxylamine groups is 2. The molecule has 1 aliphatic rings. The molecule has 7 nitrogen and oxygen atoms in total. The summed E-state index contributed by atoms with van der Waals surface area (Å²) >= 11 is 0. The molecule has 0 bridgehead atoms. The van der Waals surface area contributed by atoms with E-state index in [1.165, 1.54) is 11.1 Å². The van der Waals surface area contributed by atoms with Gasteiger partial charge in [-0.1, -0.05) is 42.5 Å². The van der Waals surface area contributed by atoms with Gasteiger partial charge in [0.1, 0.15) is 6.61 Å². The van der Waals surface area contributed by atoms with E-state index in [-0.39, 0.29) is 6.61 Å². The van der Waals surface area contributed by atoms with Gasteiger partial charge in [-0.25, -0.2) is 9.59 Å². The number of aliphatic hydroxyl groups excluding tert-OH is 1. The van der Waals surface area contributed by atoms with Crippen molar-refractivity contribution in [1.82, 2.24) is 5.06 Å². The fourth-order valence-corrected chi connectivity index (χ4v) is 3.34. The van der Waals surface area contributed by atoms with E-state index < -0.39 is 30.3 Å². The van der Waals surface area contributed by atoms with Crippen LogP contribution in [0.3, 0.4) is 0 Å². The lowest BCUT2D eigenvalue weighted by atomic mass is 10.0. The Kier molecular flexibility index (Phi) is 5.91. The largest absolute Gasteiger partial charge is 0.480 e. The van der Waals surface area contributed by atoms with Crippen molar-refractivity contribution in [2.24, 2.45) is 0 Å². The molecule has 1 amide bonds. The van der Waals surface area contributed by atoms with Gasteiger partial charge in [0, 0.05) is 0 Å². The molecule has 154 valence electrons. The lowest BCUT2D eigenvalue weighted by Gasteiger charge is -2.32. The standard InChI is InChI=1S/C22H25NO6/c1-22(2,3)29-23(19(12-24)20(25)26)21(27)28-13-15-8-6-10-17-16-9-5-4-7-14(16)11-18(15)17/h4-10,19,24H,11-13H2,1-3H3,(H,25,26). The number of hydrogen-bond donors (Lipinski definition) is 2. The van der Waals surface area contributed by atoms with Crippen LogP contribution in [0.4, 0.5) is 4.79 Å². The van der Waals surface area contributed by atoms with Gasteiger partial charge in [-0.05, 0) is 55.0 Å². The Bertz CT molecular complexity index is 918. The van der Waals surface area contributed by atoms with Crippen LogP contribution in [0.15, 0.2) is 42.5 Å². The van der Waals surface area contributed by atoms with Gasteiger partial charge < -0.3 is 14.9 Å². The van der Waals surface area contributed by atoms with E-state index in [0.29, 0.717) is 5.06 Å². The molecule has 0 radical (unpaired) electrons. The maximum absolute atomic E-state index is 12.6. The van der Waals surface area contributed by atoms with Crippen molar-refractivity contribution in [3.63, 3.8) is 0 Å². The lowest BCUT2D eigenvalue weighted by Crippen LogP contribution is -2.50. The quantitative estimate of drug-likeness (QED) is 0.617. The van der Waals surface area contributed by atoms with Crippen molar-refractivity contribution in [1.29, 1.82) is 0 Å². The third-order valence-electron chi connectivity index (χ3n) is 4.59. The Labute approximate surface area is 169 Å². The fourth-order valence-electron chi connectivity index (χ4n) is 3.34. The molecule has 2 aromatic rings. The number of aliphatic carboxylic acids is 1. The molecule has 0 aromatic heterocycles. The van der Waals surface area contributed by atoms with Gasteiger partial charge in [-0.15, -0.1) is 0 Å². The highest BCUT2D eigenvalue weighted by Gasteiger charge is 2.35. The second-order valence-corrected chi connectivity index (χ2v) is 7.90. The zero-order valence-corrected chi connectivity index (χ0v) is 16.7. The number of nitrogens with zero attached hydrogens (tertiary/aromatic N) is 1. The summed E-state index contributed by atoms with van der Waals surface area (Å²) in [6.45, 7) is 4.19. The minimum absolute atomic E-state index is 0.0300. The number of carboxylic acids is 1. The molecule has 2 N–H and O–H groups in total. The Morgan fingerprint density at radius 2 is 1.79 bits per heavy atom. The van der Waals surface area contributed by atoms with Crippen molar-refractivity contribution in [2.45, 2.75) is 45.4 Å². The zero-order chi connectivity index (χ0) is 21.2. The van der Waals surface area contributed by atoms with Crippen molar-refractivity contribution in [2.75, 3.05) is 6.61 Å². The summed E-state index contributed by atoms with van der Waals surface area (Å²) in [7, 11) is 0. The number of carboxylic acid groups (broad SMARTS) is 1. The average Bonchev–Trinajstić information content (AvgIpc) is 3.04. The molecule has 0 heterocycles. The summed E-state index contributed by atoms with van der Waals surface area (Å²) in [5, 5.41) is 19.3. The molecule has 1 aliphatic carbocycles. The highest BCUT2D eigenvalue weighted by molar-refractivity contribution is 5.80. The number of aliphatic hydroxyl groups is 1. The van der Waals surface area contributed by atoms with E-state index in [1.807, 2.05) is 30.3 Å². The molecule has 29 heavy (non-hydrogen) atoms. The van der Waals surface area contributed by atoms with Crippen LogP contribution in [0, 0.1) is 0 Å². The zero-order valence-electron chi connectivity index (χ0n) is 16.7. The van der Waals surface area contributed by atoms with Gasteiger partial charge in [-0.2, -0.15) is 5.06 Å². The molecular weight excluding hydrogens is 374 g/mol. The van der Waals surface area contributed by atoms with E-state index in [4.69, 9.17) is 9.57 Å². The molecule has 0 saturated heterocycles. The Morgan fingerprint density at radius 3 is 2.45 bits per heavy atom. The van der Waals surface area contributed by atoms with Crippen LogP contribution in [0.5, 0.6) is 0 Å². The Balaban J connectivity index is 1.78. The van der Waals surface area contributed by atoms with Gasteiger partial charge in [0.2, 0.25) is 0 Å². The van der Waals surface area contributed by atoms with Gasteiger partial charge in [0.15, 0.2) is 6.04 Å². The van der Waals surface area contributed by atoms with Crippen LogP contribution in [-0.4, -0.2) is 45.6 Å². The predicted molar refractivity (Wildman–Crippen MR) is 106 cm³/mol. The van der Waals surface area contributed by atoms with Crippen molar-refractivity contribution >= 4 is 12.1 Å². The Morgan fingerprint density at radius 1 is 1.10 bits per heavy atom. The molecule has 0 spiro atoms. The first-order valence-electron chi connectivity index (χ1n) is 9.39. The van der Waals surface area contributed by atoms with Crippen LogP contribution >= 0.6 is 0 Å². The molecule has 3 rings (SSSR count). The topological polar surface area (TPSA) is 96.3 Å². The predicted octanol–water partition coefficient (Wildman–Crippen LogP) is 3.37.